The Morgan fingerprint density at radius 1 is 0.675 bits per heavy atom. The molecule has 0 aliphatic heterocycles. The SMILES string of the molecule is COc1ccc(OC)c(NS(=O)(=O)c2ccc(NC(=O)c3cccc(NS(=O)(=O)c4ccc(C)cc4)c3)cc2)c1. The van der Waals surface area contributed by atoms with E-state index in [2.05, 4.69) is 14.8 Å². The minimum atomic E-state index is -3.98. The van der Waals surface area contributed by atoms with Gasteiger partial charge in [0.1, 0.15) is 11.5 Å². The molecule has 40 heavy (non-hydrogen) atoms. The summed E-state index contributed by atoms with van der Waals surface area (Å²) in [6.07, 6.45) is 0. The highest BCUT2D eigenvalue weighted by molar-refractivity contribution is 7.93. The summed E-state index contributed by atoms with van der Waals surface area (Å²) in [5.41, 5.74) is 1.89. The second-order valence-electron chi connectivity index (χ2n) is 8.65. The van der Waals surface area contributed by atoms with Crippen molar-refractivity contribution in [3.8, 4) is 11.5 Å². The number of hydrogen-bond acceptors (Lipinski definition) is 7. The molecule has 0 aliphatic carbocycles. The normalized spacial score (nSPS) is 11.4. The van der Waals surface area contributed by atoms with Gasteiger partial charge in [-0.3, -0.25) is 14.2 Å². The van der Waals surface area contributed by atoms with E-state index in [-0.39, 0.29) is 26.7 Å². The molecule has 3 N–H and O–H groups in total. The standard InChI is InChI=1S/C28H27N3O7S2/c1-19-7-12-24(13-8-19)39(33,34)30-22-6-4-5-20(17-22)28(32)29-21-9-14-25(15-10-21)40(35,36)31-26-18-23(37-2)11-16-27(26)38-3/h4-18,30-31H,1-3H3,(H,29,32). The van der Waals surface area contributed by atoms with Gasteiger partial charge in [0.15, 0.2) is 0 Å². The number of sulfonamides is 2. The summed E-state index contributed by atoms with van der Waals surface area (Å²) in [6.45, 7) is 1.86. The van der Waals surface area contributed by atoms with E-state index < -0.39 is 26.0 Å². The third-order valence-electron chi connectivity index (χ3n) is 5.78. The van der Waals surface area contributed by atoms with E-state index in [1.54, 1.807) is 30.3 Å². The summed E-state index contributed by atoms with van der Waals surface area (Å²) < 4.78 is 66.6. The first-order valence-corrected chi connectivity index (χ1v) is 14.8. The Hall–Kier alpha value is -4.55. The minimum Gasteiger partial charge on any atom is -0.497 e. The van der Waals surface area contributed by atoms with Crippen LogP contribution in [0.4, 0.5) is 17.1 Å². The first kappa shape index (κ1) is 28.5. The van der Waals surface area contributed by atoms with E-state index >= 15 is 0 Å². The maximum Gasteiger partial charge on any atom is 0.262 e. The van der Waals surface area contributed by atoms with Crippen LogP contribution in [0.5, 0.6) is 11.5 Å². The molecule has 0 unspecified atom stereocenters. The number of aryl methyl sites for hydroxylation is 1. The number of amides is 1. The summed E-state index contributed by atoms with van der Waals surface area (Å²) in [7, 11) is -4.93. The quantitative estimate of drug-likeness (QED) is 0.243. The monoisotopic (exact) mass is 581 g/mol. The van der Waals surface area contributed by atoms with Crippen molar-refractivity contribution in [3.05, 3.63) is 102 Å². The number of hydrogen-bond donors (Lipinski definition) is 3. The predicted octanol–water partition coefficient (Wildman–Crippen LogP) is 4.87. The summed E-state index contributed by atoms with van der Waals surface area (Å²) >= 11 is 0. The van der Waals surface area contributed by atoms with E-state index in [0.29, 0.717) is 17.2 Å². The van der Waals surface area contributed by atoms with E-state index in [1.165, 1.54) is 74.9 Å². The second-order valence-corrected chi connectivity index (χ2v) is 12.0. The van der Waals surface area contributed by atoms with Crippen molar-refractivity contribution in [3.63, 3.8) is 0 Å². The van der Waals surface area contributed by atoms with Crippen molar-refractivity contribution in [1.82, 2.24) is 0 Å². The molecule has 10 nitrogen and oxygen atoms in total. The molecule has 0 atom stereocenters. The van der Waals surface area contributed by atoms with Gasteiger partial charge in [-0.1, -0.05) is 23.8 Å². The Morgan fingerprint density at radius 3 is 1.93 bits per heavy atom. The summed E-state index contributed by atoms with van der Waals surface area (Å²) in [6, 6.07) is 22.7. The first-order chi connectivity index (χ1) is 19.0. The Labute approximate surface area is 233 Å². The summed E-state index contributed by atoms with van der Waals surface area (Å²) in [5, 5.41) is 2.68. The Kier molecular flexibility index (Phi) is 8.31. The van der Waals surface area contributed by atoms with E-state index in [0.717, 1.165) is 5.56 Å². The maximum atomic E-state index is 12.9. The molecule has 12 heteroatoms. The number of rotatable bonds is 10. The Morgan fingerprint density at radius 2 is 1.30 bits per heavy atom. The molecule has 0 saturated carbocycles. The molecular formula is C28H27N3O7S2. The fourth-order valence-corrected chi connectivity index (χ4v) is 5.78. The lowest BCUT2D eigenvalue weighted by molar-refractivity contribution is 0.102. The predicted molar refractivity (Wildman–Crippen MR) is 153 cm³/mol. The number of carbonyl (C=O) groups is 1. The lowest BCUT2D eigenvalue weighted by atomic mass is 10.2. The van der Waals surface area contributed by atoms with Crippen LogP contribution in [0.3, 0.4) is 0 Å². The zero-order chi connectivity index (χ0) is 28.9. The number of nitrogens with one attached hydrogen (secondary N) is 3. The van der Waals surface area contributed by atoms with Gasteiger partial charge in [-0.15, -0.1) is 0 Å². The highest BCUT2D eigenvalue weighted by atomic mass is 32.2. The van der Waals surface area contributed by atoms with Crippen molar-refractivity contribution in [2.45, 2.75) is 16.7 Å². The third-order valence-corrected chi connectivity index (χ3v) is 8.56. The van der Waals surface area contributed by atoms with Crippen LogP contribution in [0.2, 0.25) is 0 Å². The summed E-state index contributed by atoms with van der Waals surface area (Å²) in [5.74, 6) is 0.256. The lowest BCUT2D eigenvalue weighted by Gasteiger charge is -2.13. The van der Waals surface area contributed by atoms with Crippen LogP contribution in [0.1, 0.15) is 15.9 Å². The van der Waals surface area contributed by atoms with Gasteiger partial charge in [-0.25, -0.2) is 16.8 Å². The van der Waals surface area contributed by atoms with Gasteiger partial charge >= 0.3 is 0 Å². The Balaban J connectivity index is 1.46. The molecule has 4 aromatic carbocycles. The molecular weight excluding hydrogens is 554 g/mol. The zero-order valence-corrected chi connectivity index (χ0v) is 23.5. The fourth-order valence-electron chi connectivity index (χ4n) is 3.67. The molecule has 0 aromatic heterocycles. The van der Waals surface area contributed by atoms with Gasteiger partial charge in [0, 0.05) is 23.0 Å². The van der Waals surface area contributed by atoms with Crippen LogP contribution in [0.15, 0.2) is 101 Å². The van der Waals surface area contributed by atoms with Crippen LogP contribution in [-0.2, 0) is 20.0 Å². The van der Waals surface area contributed by atoms with Crippen molar-refractivity contribution < 1.29 is 31.1 Å². The smallest absolute Gasteiger partial charge is 0.262 e. The number of ether oxygens (including phenoxy) is 2. The topological polar surface area (TPSA) is 140 Å². The average Bonchev–Trinajstić information content (AvgIpc) is 2.93. The molecule has 0 bridgehead atoms. The third kappa shape index (κ3) is 6.71. The number of anilines is 3. The minimum absolute atomic E-state index is 0.0390. The molecule has 0 spiro atoms. The van der Waals surface area contributed by atoms with Gasteiger partial charge in [-0.2, -0.15) is 0 Å². The van der Waals surface area contributed by atoms with Crippen molar-refractivity contribution in [1.29, 1.82) is 0 Å². The van der Waals surface area contributed by atoms with Crippen molar-refractivity contribution >= 4 is 43.0 Å². The molecule has 0 heterocycles. The van der Waals surface area contributed by atoms with E-state index in [9.17, 15) is 21.6 Å². The molecule has 4 aromatic rings. The number of benzene rings is 4. The lowest BCUT2D eigenvalue weighted by Crippen LogP contribution is -2.16. The van der Waals surface area contributed by atoms with Gasteiger partial charge < -0.3 is 14.8 Å². The Bertz CT molecular complexity index is 1740. The maximum absolute atomic E-state index is 12.9. The molecule has 208 valence electrons. The fraction of sp³-hybridized carbons (Fsp3) is 0.107. The van der Waals surface area contributed by atoms with Crippen molar-refractivity contribution in [2.75, 3.05) is 29.0 Å². The van der Waals surface area contributed by atoms with Gasteiger partial charge in [0.05, 0.1) is 29.7 Å². The molecule has 4 rings (SSSR count). The molecule has 0 radical (unpaired) electrons. The van der Waals surface area contributed by atoms with Crippen LogP contribution < -0.4 is 24.2 Å². The second kappa shape index (κ2) is 11.7. The molecule has 0 aliphatic rings. The summed E-state index contributed by atoms with van der Waals surface area (Å²) in [4.78, 5) is 12.9. The molecule has 0 fully saturated rings. The van der Waals surface area contributed by atoms with Gasteiger partial charge in [0.25, 0.3) is 26.0 Å². The first-order valence-electron chi connectivity index (χ1n) is 11.9. The molecule has 0 saturated heterocycles. The largest absolute Gasteiger partial charge is 0.497 e. The van der Waals surface area contributed by atoms with Crippen LogP contribution in [0, 0.1) is 6.92 Å². The number of carbonyl (C=O) groups excluding carboxylic acids is 1. The van der Waals surface area contributed by atoms with E-state index in [4.69, 9.17) is 9.47 Å². The number of methoxy groups -OCH3 is 2. The van der Waals surface area contributed by atoms with Crippen LogP contribution in [-0.4, -0.2) is 37.0 Å². The van der Waals surface area contributed by atoms with Gasteiger partial charge in [0.2, 0.25) is 0 Å². The van der Waals surface area contributed by atoms with E-state index in [1.807, 2.05) is 6.92 Å². The van der Waals surface area contributed by atoms with Crippen molar-refractivity contribution in [2.24, 2.45) is 0 Å². The molecule has 1 amide bonds. The zero-order valence-electron chi connectivity index (χ0n) is 21.8. The highest BCUT2D eigenvalue weighted by Gasteiger charge is 2.18. The van der Waals surface area contributed by atoms with Crippen LogP contribution in [0.25, 0.3) is 0 Å². The van der Waals surface area contributed by atoms with Crippen LogP contribution >= 0.6 is 0 Å². The average molecular weight is 582 g/mol. The highest BCUT2D eigenvalue weighted by Crippen LogP contribution is 2.31. The van der Waals surface area contributed by atoms with Gasteiger partial charge in [-0.05, 0) is 73.7 Å².